The van der Waals surface area contributed by atoms with E-state index < -0.39 is 0 Å². The van der Waals surface area contributed by atoms with E-state index in [2.05, 4.69) is 32.3 Å². The van der Waals surface area contributed by atoms with Gasteiger partial charge in [0.15, 0.2) is 11.5 Å². The number of para-hydroxylation sites is 1. The third kappa shape index (κ3) is 2.90. The largest absolute Gasteiger partial charge is 0.454 e. The molecule has 0 saturated carbocycles. The molecule has 0 atom stereocenters. The van der Waals surface area contributed by atoms with Crippen LogP contribution in [0.4, 0.5) is 17.2 Å². The minimum absolute atomic E-state index is 0.193. The number of ether oxygens (including phenoxy) is 2. The Bertz CT molecular complexity index is 1080. The van der Waals surface area contributed by atoms with Gasteiger partial charge in [-0.25, -0.2) is 9.97 Å². The third-order valence-electron chi connectivity index (χ3n) is 4.85. The Kier molecular flexibility index (Phi) is 3.86. The summed E-state index contributed by atoms with van der Waals surface area (Å²) in [5.74, 6) is 2.28. The molecule has 1 amide bonds. The Hall–Kier alpha value is -3.61. The van der Waals surface area contributed by atoms with E-state index in [1.165, 1.54) is 5.56 Å². The highest BCUT2D eigenvalue weighted by molar-refractivity contribution is 6.03. The second kappa shape index (κ2) is 6.53. The first-order valence-corrected chi connectivity index (χ1v) is 9.09. The molecule has 2 aromatic carbocycles. The number of hydrogen-bond donors (Lipinski definition) is 1. The number of anilines is 3. The summed E-state index contributed by atoms with van der Waals surface area (Å²) in [4.78, 5) is 23.8. The lowest BCUT2D eigenvalue weighted by molar-refractivity contribution is 0.102. The summed E-state index contributed by atoms with van der Waals surface area (Å²) in [6.45, 7) is 2.82. The molecule has 0 unspecified atom stereocenters. The molecule has 2 aliphatic rings. The van der Waals surface area contributed by atoms with Gasteiger partial charge in [-0.15, -0.1) is 0 Å². The molecule has 0 bridgehead atoms. The first-order valence-electron chi connectivity index (χ1n) is 9.09. The predicted molar refractivity (Wildman–Crippen MR) is 104 cm³/mol. The number of carbonyl (C=O) groups excluding carboxylic acids is 1. The van der Waals surface area contributed by atoms with Crippen LogP contribution < -0.4 is 19.7 Å². The van der Waals surface area contributed by atoms with E-state index in [0.29, 0.717) is 28.7 Å². The van der Waals surface area contributed by atoms with Crippen LogP contribution in [0.1, 0.15) is 21.9 Å². The van der Waals surface area contributed by atoms with Crippen molar-refractivity contribution in [3.05, 3.63) is 65.6 Å². The average Bonchev–Trinajstić information content (AvgIpc) is 3.34. The maximum atomic E-state index is 12.8. The van der Waals surface area contributed by atoms with Gasteiger partial charge in [-0.05, 0) is 37.1 Å². The lowest BCUT2D eigenvalue weighted by Gasteiger charge is -2.19. The second-order valence-electron chi connectivity index (χ2n) is 6.71. The molecule has 7 heteroatoms. The molecule has 0 fully saturated rings. The molecular formula is C21H18N4O3. The first kappa shape index (κ1) is 16.6. The summed E-state index contributed by atoms with van der Waals surface area (Å²) in [7, 11) is 0. The van der Waals surface area contributed by atoms with Crippen LogP contribution in [0, 0.1) is 6.92 Å². The van der Waals surface area contributed by atoms with Gasteiger partial charge >= 0.3 is 0 Å². The minimum atomic E-state index is -0.293. The standard InChI is InChI=1S/C21H18N4O3/c1-13-22-16(21(26)24-15-6-7-18-19(10-15)28-12-27-18)11-20(23-13)25-9-8-14-4-2-3-5-17(14)25/h2-7,10-11H,8-9,12H2,1H3,(H,24,26). The summed E-state index contributed by atoms with van der Waals surface area (Å²) in [5, 5.41) is 2.87. The monoisotopic (exact) mass is 374 g/mol. The number of carbonyl (C=O) groups is 1. The molecule has 7 nitrogen and oxygen atoms in total. The van der Waals surface area contributed by atoms with Crippen molar-refractivity contribution in [3.63, 3.8) is 0 Å². The number of benzene rings is 2. The van der Waals surface area contributed by atoms with E-state index in [-0.39, 0.29) is 12.7 Å². The summed E-state index contributed by atoms with van der Waals surface area (Å²) < 4.78 is 10.7. The number of fused-ring (bicyclic) bond motifs is 2. The number of aromatic nitrogens is 2. The van der Waals surface area contributed by atoms with Crippen LogP contribution in [-0.4, -0.2) is 29.2 Å². The van der Waals surface area contributed by atoms with Gasteiger partial charge in [0.05, 0.1) is 0 Å². The van der Waals surface area contributed by atoms with E-state index in [0.717, 1.165) is 24.5 Å². The van der Waals surface area contributed by atoms with Gasteiger partial charge in [-0.2, -0.15) is 0 Å². The summed E-state index contributed by atoms with van der Waals surface area (Å²) in [6, 6.07) is 15.3. The quantitative estimate of drug-likeness (QED) is 0.757. The SMILES string of the molecule is Cc1nc(C(=O)Nc2ccc3c(c2)OCO3)cc(N2CCc3ccccc32)n1. The Morgan fingerprint density at radius 1 is 1.07 bits per heavy atom. The normalized spacial score (nSPS) is 14.1. The van der Waals surface area contributed by atoms with Crippen LogP contribution in [0.25, 0.3) is 0 Å². The lowest BCUT2D eigenvalue weighted by atomic mass is 10.2. The maximum Gasteiger partial charge on any atom is 0.274 e. The highest BCUT2D eigenvalue weighted by atomic mass is 16.7. The van der Waals surface area contributed by atoms with Crippen molar-refractivity contribution in [2.75, 3.05) is 23.6 Å². The summed E-state index contributed by atoms with van der Waals surface area (Å²) >= 11 is 0. The van der Waals surface area contributed by atoms with Crippen molar-refractivity contribution in [2.45, 2.75) is 13.3 Å². The predicted octanol–water partition coefficient (Wildman–Crippen LogP) is 3.46. The van der Waals surface area contributed by atoms with E-state index in [1.807, 2.05) is 12.1 Å². The molecule has 140 valence electrons. The molecule has 0 aliphatic carbocycles. The van der Waals surface area contributed by atoms with E-state index in [9.17, 15) is 4.79 Å². The summed E-state index contributed by atoms with van der Waals surface area (Å²) in [6.07, 6.45) is 0.956. The number of nitrogens with zero attached hydrogens (tertiary/aromatic N) is 3. The molecular weight excluding hydrogens is 356 g/mol. The Balaban J connectivity index is 1.42. The van der Waals surface area contributed by atoms with Gasteiger partial charge < -0.3 is 19.7 Å². The molecule has 3 heterocycles. The lowest BCUT2D eigenvalue weighted by Crippen LogP contribution is -2.19. The fourth-order valence-electron chi connectivity index (χ4n) is 3.55. The van der Waals surface area contributed by atoms with Gasteiger partial charge in [0, 0.05) is 30.1 Å². The fraction of sp³-hybridized carbons (Fsp3) is 0.190. The topological polar surface area (TPSA) is 76.6 Å². The van der Waals surface area contributed by atoms with Crippen molar-refractivity contribution in [1.29, 1.82) is 0 Å². The van der Waals surface area contributed by atoms with Gasteiger partial charge in [0.1, 0.15) is 17.3 Å². The third-order valence-corrected chi connectivity index (χ3v) is 4.85. The van der Waals surface area contributed by atoms with Crippen molar-refractivity contribution in [3.8, 4) is 11.5 Å². The van der Waals surface area contributed by atoms with Gasteiger partial charge in [-0.3, -0.25) is 4.79 Å². The van der Waals surface area contributed by atoms with Crippen LogP contribution in [0.5, 0.6) is 11.5 Å². The number of rotatable bonds is 3. The highest BCUT2D eigenvalue weighted by Gasteiger charge is 2.23. The molecule has 1 N–H and O–H groups in total. The number of aryl methyl sites for hydroxylation is 1. The fourth-order valence-corrected chi connectivity index (χ4v) is 3.55. The Morgan fingerprint density at radius 3 is 2.86 bits per heavy atom. The minimum Gasteiger partial charge on any atom is -0.454 e. The zero-order valence-corrected chi connectivity index (χ0v) is 15.3. The first-order chi connectivity index (χ1) is 13.7. The molecule has 3 aromatic rings. The molecule has 0 saturated heterocycles. The van der Waals surface area contributed by atoms with Crippen LogP contribution in [0.3, 0.4) is 0 Å². The van der Waals surface area contributed by atoms with Gasteiger partial charge in [0.2, 0.25) is 6.79 Å². The van der Waals surface area contributed by atoms with Crippen LogP contribution >= 0.6 is 0 Å². The van der Waals surface area contributed by atoms with Gasteiger partial charge in [-0.1, -0.05) is 18.2 Å². The van der Waals surface area contributed by atoms with Gasteiger partial charge in [0.25, 0.3) is 5.91 Å². The van der Waals surface area contributed by atoms with Crippen molar-refractivity contribution in [2.24, 2.45) is 0 Å². The average molecular weight is 374 g/mol. The molecule has 2 aliphatic heterocycles. The number of nitrogens with one attached hydrogen (secondary N) is 1. The zero-order valence-electron chi connectivity index (χ0n) is 15.3. The smallest absolute Gasteiger partial charge is 0.274 e. The van der Waals surface area contributed by atoms with Crippen LogP contribution in [-0.2, 0) is 6.42 Å². The Labute approximate surface area is 161 Å². The zero-order chi connectivity index (χ0) is 19.1. The van der Waals surface area contributed by atoms with Crippen LogP contribution in [0.15, 0.2) is 48.5 Å². The number of amides is 1. The van der Waals surface area contributed by atoms with Crippen molar-refractivity contribution in [1.82, 2.24) is 9.97 Å². The molecule has 0 radical (unpaired) electrons. The van der Waals surface area contributed by atoms with Crippen molar-refractivity contribution < 1.29 is 14.3 Å². The summed E-state index contributed by atoms with van der Waals surface area (Å²) in [5.41, 5.74) is 3.36. The second-order valence-corrected chi connectivity index (χ2v) is 6.71. The van der Waals surface area contributed by atoms with Crippen LogP contribution in [0.2, 0.25) is 0 Å². The molecule has 0 spiro atoms. The number of hydrogen-bond acceptors (Lipinski definition) is 6. The van der Waals surface area contributed by atoms with E-state index in [4.69, 9.17) is 9.47 Å². The van der Waals surface area contributed by atoms with E-state index >= 15 is 0 Å². The van der Waals surface area contributed by atoms with Crippen molar-refractivity contribution >= 4 is 23.1 Å². The molecule has 5 rings (SSSR count). The molecule has 28 heavy (non-hydrogen) atoms. The maximum absolute atomic E-state index is 12.8. The Morgan fingerprint density at radius 2 is 1.93 bits per heavy atom. The van der Waals surface area contributed by atoms with E-state index in [1.54, 1.807) is 31.2 Å². The molecule has 1 aromatic heterocycles. The highest BCUT2D eigenvalue weighted by Crippen LogP contribution is 2.35.